The van der Waals surface area contributed by atoms with Gasteiger partial charge in [0, 0.05) is 30.9 Å². The Morgan fingerprint density at radius 1 is 1.32 bits per heavy atom. The summed E-state index contributed by atoms with van der Waals surface area (Å²) >= 11 is 1.82. The molecule has 1 heterocycles. The molecule has 0 saturated heterocycles. The van der Waals surface area contributed by atoms with E-state index in [1.807, 2.05) is 18.7 Å². The second kappa shape index (κ2) is 8.98. The Morgan fingerprint density at radius 3 is 2.79 bits per heavy atom. The molecule has 0 fully saturated rings. The van der Waals surface area contributed by atoms with Gasteiger partial charge in [-0.2, -0.15) is 11.8 Å². The van der Waals surface area contributed by atoms with Crippen LogP contribution in [0, 0.1) is 6.92 Å². The van der Waals surface area contributed by atoms with Crippen LogP contribution >= 0.6 is 11.8 Å². The predicted molar refractivity (Wildman–Crippen MR) is 82.7 cm³/mol. The topological polar surface area (TPSA) is 84.1 Å². The lowest BCUT2D eigenvalue weighted by Gasteiger charge is -2.11. The number of anilines is 2. The summed E-state index contributed by atoms with van der Waals surface area (Å²) in [6.07, 6.45) is 2.72. The molecule has 0 bridgehead atoms. The van der Waals surface area contributed by atoms with Gasteiger partial charge in [0.25, 0.3) is 0 Å². The minimum atomic E-state index is 0.266. The molecule has 0 aliphatic carbocycles. The second-order valence-corrected chi connectivity index (χ2v) is 5.59. The molecule has 0 amide bonds. The highest BCUT2D eigenvalue weighted by molar-refractivity contribution is 7.99. The van der Waals surface area contributed by atoms with E-state index in [1.54, 1.807) is 0 Å². The Balaban J connectivity index is 2.47. The number of nitrogens with two attached hydrogens (primary N) is 1. The molecule has 1 aromatic rings. The third-order valence-corrected chi connectivity index (χ3v) is 3.76. The summed E-state index contributed by atoms with van der Waals surface area (Å²) in [6.45, 7) is 5.15. The van der Waals surface area contributed by atoms with E-state index in [4.69, 9.17) is 10.8 Å². The normalized spacial score (nSPS) is 10.7. The summed E-state index contributed by atoms with van der Waals surface area (Å²) in [4.78, 5) is 8.79. The average Bonchev–Trinajstić information content (AvgIpc) is 2.39. The van der Waals surface area contributed by atoms with Gasteiger partial charge in [0.15, 0.2) is 0 Å². The Hall–Kier alpha value is -1.01. The number of aryl methyl sites for hydroxylation is 1. The summed E-state index contributed by atoms with van der Waals surface area (Å²) < 4.78 is 0. The quantitative estimate of drug-likeness (QED) is 0.600. The third kappa shape index (κ3) is 5.65. The molecular weight excluding hydrogens is 260 g/mol. The number of aromatic nitrogens is 2. The van der Waals surface area contributed by atoms with Gasteiger partial charge >= 0.3 is 0 Å². The molecule has 0 spiro atoms. The SMILES string of the molecule is CCCc1nc(N)c(C)c(NCCSCCCO)n1. The number of nitrogens with zero attached hydrogens (tertiary/aromatic N) is 2. The number of hydrogen-bond donors (Lipinski definition) is 3. The molecular formula is C13H24N4OS. The molecule has 0 atom stereocenters. The number of aliphatic hydroxyl groups is 1. The van der Waals surface area contributed by atoms with Crippen LogP contribution in [0.25, 0.3) is 0 Å². The van der Waals surface area contributed by atoms with Crippen molar-refractivity contribution in [3.05, 3.63) is 11.4 Å². The molecule has 0 saturated carbocycles. The maximum atomic E-state index is 8.69. The van der Waals surface area contributed by atoms with Gasteiger partial charge in [-0.15, -0.1) is 0 Å². The largest absolute Gasteiger partial charge is 0.396 e. The van der Waals surface area contributed by atoms with Gasteiger partial charge in [0.1, 0.15) is 17.5 Å². The van der Waals surface area contributed by atoms with Crippen LogP contribution in [0.15, 0.2) is 0 Å². The summed E-state index contributed by atoms with van der Waals surface area (Å²) in [5.74, 6) is 4.20. The van der Waals surface area contributed by atoms with Crippen LogP contribution in [0.4, 0.5) is 11.6 Å². The van der Waals surface area contributed by atoms with E-state index in [0.717, 1.165) is 54.5 Å². The lowest BCUT2D eigenvalue weighted by Crippen LogP contribution is -2.12. The van der Waals surface area contributed by atoms with Crippen LogP contribution < -0.4 is 11.1 Å². The molecule has 19 heavy (non-hydrogen) atoms. The van der Waals surface area contributed by atoms with Crippen LogP contribution in [0.2, 0.25) is 0 Å². The fourth-order valence-corrected chi connectivity index (χ4v) is 2.38. The molecule has 1 rings (SSSR count). The molecule has 0 radical (unpaired) electrons. The number of aliphatic hydroxyl groups excluding tert-OH is 1. The number of nitrogens with one attached hydrogen (secondary N) is 1. The Labute approximate surface area is 119 Å². The van der Waals surface area contributed by atoms with E-state index < -0.39 is 0 Å². The Kier molecular flexibility index (Phi) is 7.59. The highest BCUT2D eigenvalue weighted by atomic mass is 32.2. The molecule has 0 aromatic carbocycles. The summed E-state index contributed by atoms with van der Waals surface area (Å²) in [5.41, 5.74) is 6.81. The first-order valence-corrected chi connectivity index (χ1v) is 7.90. The highest BCUT2D eigenvalue weighted by Crippen LogP contribution is 2.17. The molecule has 6 heteroatoms. The lowest BCUT2D eigenvalue weighted by molar-refractivity contribution is 0.296. The van der Waals surface area contributed by atoms with E-state index in [1.165, 1.54) is 0 Å². The number of thioether (sulfide) groups is 1. The number of nitrogen functional groups attached to an aromatic ring is 1. The van der Waals surface area contributed by atoms with Gasteiger partial charge in [-0.25, -0.2) is 9.97 Å². The molecule has 5 nitrogen and oxygen atoms in total. The summed E-state index contributed by atoms with van der Waals surface area (Å²) in [7, 11) is 0. The van der Waals surface area contributed by atoms with Gasteiger partial charge in [-0.1, -0.05) is 6.92 Å². The predicted octanol–water partition coefficient (Wildman–Crippen LogP) is 1.85. The van der Waals surface area contributed by atoms with Crippen molar-refractivity contribution in [3.8, 4) is 0 Å². The number of rotatable bonds is 9. The summed E-state index contributed by atoms with van der Waals surface area (Å²) in [5, 5.41) is 12.0. The zero-order valence-corrected chi connectivity index (χ0v) is 12.6. The van der Waals surface area contributed by atoms with Crippen LogP contribution in [-0.4, -0.2) is 39.7 Å². The molecule has 108 valence electrons. The van der Waals surface area contributed by atoms with Crippen molar-refractivity contribution >= 4 is 23.4 Å². The Bertz CT molecular complexity index is 387. The number of hydrogen-bond acceptors (Lipinski definition) is 6. The maximum absolute atomic E-state index is 8.69. The first-order chi connectivity index (χ1) is 9.19. The molecule has 0 aliphatic heterocycles. The highest BCUT2D eigenvalue weighted by Gasteiger charge is 2.07. The van der Waals surface area contributed by atoms with E-state index >= 15 is 0 Å². The van der Waals surface area contributed by atoms with Gasteiger partial charge in [0.05, 0.1) is 0 Å². The van der Waals surface area contributed by atoms with E-state index in [-0.39, 0.29) is 6.61 Å². The summed E-state index contributed by atoms with van der Waals surface area (Å²) in [6, 6.07) is 0. The second-order valence-electron chi connectivity index (χ2n) is 4.36. The van der Waals surface area contributed by atoms with Crippen molar-refractivity contribution in [1.82, 2.24) is 9.97 Å². The van der Waals surface area contributed by atoms with Crippen LogP contribution in [0.5, 0.6) is 0 Å². The first kappa shape index (κ1) is 16.0. The van der Waals surface area contributed by atoms with E-state index in [0.29, 0.717) is 5.82 Å². The van der Waals surface area contributed by atoms with Crippen molar-refractivity contribution in [2.75, 3.05) is 35.7 Å². The van der Waals surface area contributed by atoms with Crippen molar-refractivity contribution in [3.63, 3.8) is 0 Å². The van der Waals surface area contributed by atoms with Crippen LogP contribution in [0.3, 0.4) is 0 Å². The van der Waals surface area contributed by atoms with Crippen molar-refractivity contribution in [2.45, 2.75) is 33.1 Å². The van der Waals surface area contributed by atoms with Gasteiger partial charge in [-0.3, -0.25) is 0 Å². The molecule has 0 unspecified atom stereocenters. The van der Waals surface area contributed by atoms with Gasteiger partial charge < -0.3 is 16.2 Å². The first-order valence-electron chi connectivity index (χ1n) is 6.74. The maximum Gasteiger partial charge on any atom is 0.134 e. The minimum Gasteiger partial charge on any atom is -0.396 e. The standard InChI is InChI=1S/C13H24N4OS/c1-3-5-11-16-12(14)10(2)13(17-11)15-6-9-19-8-4-7-18/h18H,3-9H2,1-2H3,(H3,14,15,16,17). The fraction of sp³-hybridized carbons (Fsp3) is 0.692. The monoisotopic (exact) mass is 284 g/mol. The van der Waals surface area contributed by atoms with Crippen molar-refractivity contribution in [1.29, 1.82) is 0 Å². The third-order valence-electron chi connectivity index (χ3n) is 2.69. The van der Waals surface area contributed by atoms with E-state index in [2.05, 4.69) is 22.2 Å². The van der Waals surface area contributed by atoms with Gasteiger partial charge in [0.2, 0.25) is 0 Å². The van der Waals surface area contributed by atoms with Crippen LogP contribution in [-0.2, 0) is 6.42 Å². The molecule has 1 aromatic heterocycles. The zero-order valence-electron chi connectivity index (χ0n) is 11.8. The fourth-order valence-electron chi connectivity index (χ4n) is 1.60. The van der Waals surface area contributed by atoms with Gasteiger partial charge in [-0.05, 0) is 25.5 Å². The van der Waals surface area contributed by atoms with Crippen LogP contribution in [0.1, 0.15) is 31.2 Å². The van der Waals surface area contributed by atoms with Crippen molar-refractivity contribution in [2.24, 2.45) is 0 Å². The zero-order chi connectivity index (χ0) is 14.1. The van der Waals surface area contributed by atoms with E-state index in [9.17, 15) is 0 Å². The minimum absolute atomic E-state index is 0.266. The average molecular weight is 284 g/mol. The van der Waals surface area contributed by atoms with Crippen molar-refractivity contribution < 1.29 is 5.11 Å². The smallest absolute Gasteiger partial charge is 0.134 e. The lowest BCUT2D eigenvalue weighted by atomic mass is 10.2. The Morgan fingerprint density at radius 2 is 2.11 bits per heavy atom. The molecule has 0 aliphatic rings. The molecule has 4 N–H and O–H groups in total.